The first-order valence-electron chi connectivity index (χ1n) is 8.42. The first-order chi connectivity index (χ1) is 10.0. The Bertz CT molecular complexity index is 353. The number of amides is 1. The minimum Gasteiger partial charge on any atom is -0.444 e. The van der Waals surface area contributed by atoms with Crippen molar-refractivity contribution in [2.75, 3.05) is 26.2 Å². The molecule has 22 heavy (non-hydrogen) atoms. The molecule has 1 heterocycles. The second-order valence-electron chi connectivity index (χ2n) is 8.05. The van der Waals surface area contributed by atoms with Gasteiger partial charge in [0, 0.05) is 19.6 Å². The van der Waals surface area contributed by atoms with E-state index in [1.807, 2.05) is 41.5 Å². The summed E-state index contributed by atoms with van der Waals surface area (Å²) in [5.41, 5.74) is -1.10. The van der Waals surface area contributed by atoms with E-state index in [-0.39, 0.29) is 12.0 Å². The highest BCUT2D eigenvalue weighted by atomic mass is 16.6. The maximum Gasteiger partial charge on any atom is 0.410 e. The number of hydrogen-bond acceptors (Lipinski definition) is 4. The predicted molar refractivity (Wildman–Crippen MR) is 88.9 cm³/mol. The number of nitrogens with one attached hydrogen (secondary N) is 1. The van der Waals surface area contributed by atoms with Crippen molar-refractivity contribution in [2.45, 2.75) is 65.6 Å². The van der Waals surface area contributed by atoms with Gasteiger partial charge in [-0.3, -0.25) is 0 Å². The lowest BCUT2D eigenvalue weighted by Crippen LogP contribution is -2.46. The Balaban J connectivity index is 2.27. The molecule has 0 aromatic heterocycles. The molecule has 1 aliphatic rings. The summed E-state index contributed by atoms with van der Waals surface area (Å²) < 4.78 is 5.40. The van der Waals surface area contributed by atoms with Gasteiger partial charge in [-0.15, -0.1) is 0 Å². The summed E-state index contributed by atoms with van der Waals surface area (Å²) in [5.74, 6) is 0.788. The summed E-state index contributed by atoms with van der Waals surface area (Å²) in [6.45, 7) is 14.6. The average Bonchev–Trinajstić information content (AvgIpc) is 2.37. The molecule has 0 radical (unpaired) electrons. The molecule has 5 heteroatoms. The Kier molecular flexibility index (Phi) is 6.68. The molecular formula is C17H34N2O3. The molecule has 1 aliphatic heterocycles. The quantitative estimate of drug-likeness (QED) is 0.819. The molecule has 0 bridgehead atoms. The van der Waals surface area contributed by atoms with Crippen molar-refractivity contribution in [3.05, 3.63) is 0 Å². The SMILES string of the molecule is CC(C)C(C)(O)CNCC1CCN(C(=O)OC(C)(C)C)CC1. The molecule has 1 amide bonds. The Morgan fingerprint density at radius 3 is 2.27 bits per heavy atom. The topological polar surface area (TPSA) is 61.8 Å². The first-order valence-corrected chi connectivity index (χ1v) is 8.42. The monoisotopic (exact) mass is 314 g/mol. The summed E-state index contributed by atoms with van der Waals surface area (Å²) in [6.07, 6.45) is 1.76. The third kappa shape index (κ3) is 6.53. The zero-order chi connectivity index (χ0) is 17.0. The van der Waals surface area contributed by atoms with Crippen molar-refractivity contribution in [1.82, 2.24) is 10.2 Å². The van der Waals surface area contributed by atoms with Crippen LogP contribution in [-0.4, -0.2) is 53.5 Å². The Labute approximate surface area is 135 Å². The van der Waals surface area contributed by atoms with Crippen molar-refractivity contribution in [1.29, 1.82) is 0 Å². The van der Waals surface area contributed by atoms with E-state index in [0.29, 0.717) is 12.5 Å². The molecule has 0 aromatic carbocycles. The van der Waals surface area contributed by atoms with E-state index in [2.05, 4.69) is 5.32 Å². The Morgan fingerprint density at radius 1 is 1.27 bits per heavy atom. The van der Waals surface area contributed by atoms with Crippen LogP contribution in [-0.2, 0) is 4.74 Å². The largest absolute Gasteiger partial charge is 0.444 e. The van der Waals surface area contributed by atoms with E-state index in [1.165, 1.54) is 0 Å². The second kappa shape index (κ2) is 7.64. The fraction of sp³-hybridized carbons (Fsp3) is 0.941. The molecule has 0 spiro atoms. The van der Waals surface area contributed by atoms with E-state index in [4.69, 9.17) is 4.74 Å². The molecule has 0 aromatic rings. The minimum absolute atomic E-state index is 0.207. The van der Waals surface area contributed by atoms with Gasteiger partial charge in [0.1, 0.15) is 5.60 Å². The van der Waals surface area contributed by atoms with Gasteiger partial charge in [-0.2, -0.15) is 0 Å². The van der Waals surface area contributed by atoms with Crippen molar-refractivity contribution < 1.29 is 14.6 Å². The van der Waals surface area contributed by atoms with Gasteiger partial charge in [-0.05, 0) is 58.9 Å². The van der Waals surface area contributed by atoms with Crippen LogP contribution in [0.1, 0.15) is 54.4 Å². The zero-order valence-electron chi connectivity index (χ0n) is 15.1. The first kappa shape index (κ1) is 19.2. The maximum atomic E-state index is 12.0. The minimum atomic E-state index is -0.669. The van der Waals surface area contributed by atoms with Crippen LogP contribution in [0.5, 0.6) is 0 Å². The number of aliphatic hydroxyl groups is 1. The van der Waals surface area contributed by atoms with Gasteiger partial charge in [0.15, 0.2) is 0 Å². The van der Waals surface area contributed by atoms with Crippen LogP contribution in [0, 0.1) is 11.8 Å². The van der Waals surface area contributed by atoms with Crippen LogP contribution in [0.3, 0.4) is 0 Å². The molecular weight excluding hydrogens is 280 g/mol. The highest BCUT2D eigenvalue weighted by Crippen LogP contribution is 2.20. The maximum absolute atomic E-state index is 12.0. The predicted octanol–water partition coefficient (Wildman–Crippen LogP) is 2.63. The molecule has 130 valence electrons. The third-order valence-corrected chi connectivity index (χ3v) is 4.43. The van der Waals surface area contributed by atoms with E-state index < -0.39 is 11.2 Å². The van der Waals surface area contributed by atoms with Gasteiger partial charge in [-0.1, -0.05) is 13.8 Å². The van der Waals surface area contributed by atoms with Crippen molar-refractivity contribution >= 4 is 6.09 Å². The summed E-state index contributed by atoms with van der Waals surface area (Å²) >= 11 is 0. The Morgan fingerprint density at radius 2 is 1.82 bits per heavy atom. The van der Waals surface area contributed by atoms with Gasteiger partial charge in [-0.25, -0.2) is 4.79 Å². The van der Waals surface area contributed by atoms with E-state index in [0.717, 1.165) is 32.5 Å². The Hall–Kier alpha value is -0.810. The highest BCUT2D eigenvalue weighted by Gasteiger charge is 2.28. The smallest absolute Gasteiger partial charge is 0.410 e. The molecule has 1 rings (SSSR count). The number of hydrogen-bond donors (Lipinski definition) is 2. The van der Waals surface area contributed by atoms with Gasteiger partial charge >= 0.3 is 6.09 Å². The van der Waals surface area contributed by atoms with Crippen LogP contribution in [0.25, 0.3) is 0 Å². The highest BCUT2D eigenvalue weighted by molar-refractivity contribution is 5.68. The van der Waals surface area contributed by atoms with Crippen molar-refractivity contribution in [3.8, 4) is 0 Å². The fourth-order valence-corrected chi connectivity index (χ4v) is 2.38. The van der Waals surface area contributed by atoms with Crippen LogP contribution in [0.15, 0.2) is 0 Å². The number of piperidine rings is 1. The van der Waals surface area contributed by atoms with Crippen LogP contribution >= 0.6 is 0 Å². The lowest BCUT2D eigenvalue weighted by molar-refractivity contribution is 0.0110. The van der Waals surface area contributed by atoms with E-state index in [1.54, 1.807) is 4.90 Å². The number of likely N-dealkylation sites (tertiary alicyclic amines) is 1. The van der Waals surface area contributed by atoms with Crippen LogP contribution in [0.4, 0.5) is 4.79 Å². The summed E-state index contributed by atoms with van der Waals surface area (Å²) in [4.78, 5) is 13.8. The average molecular weight is 314 g/mol. The van der Waals surface area contributed by atoms with Crippen molar-refractivity contribution in [3.63, 3.8) is 0 Å². The van der Waals surface area contributed by atoms with Crippen LogP contribution < -0.4 is 5.32 Å². The lowest BCUT2D eigenvalue weighted by atomic mass is 9.92. The number of carbonyl (C=O) groups is 1. The molecule has 0 aliphatic carbocycles. The van der Waals surface area contributed by atoms with Gasteiger partial charge < -0.3 is 20.1 Å². The zero-order valence-corrected chi connectivity index (χ0v) is 15.1. The van der Waals surface area contributed by atoms with Gasteiger partial charge in [0.2, 0.25) is 0 Å². The summed E-state index contributed by atoms with van der Waals surface area (Å²) in [7, 11) is 0. The molecule has 1 saturated heterocycles. The molecule has 1 atom stereocenters. The summed E-state index contributed by atoms with van der Waals surface area (Å²) in [6, 6.07) is 0. The van der Waals surface area contributed by atoms with Gasteiger partial charge in [0.05, 0.1) is 5.60 Å². The summed E-state index contributed by atoms with van der Waals surface area (Å²) in [5, 5.41) is 13.6. The number of rotatable bonds is 5. The lowest BCUT2D eigenvalue weighted by Gasteiger charge is -2.34. The third-order valence-electron chi connectivity index (χ3n) is 4.43. The number of ether oxygens (including phenoxy) is 1. The molecule has 2 N–H and O–H groups in total. The molecule has 0 saturated carbocycles. The standard InChI is InChI=1S/C17H34N2O3/c1-13(2)17(6,21)12-18-11-14-7-9-19(10-8-14)15(20)22-16(3,4)5/h13-14,18,21H,7-12H2,1-6H3. The fourth-order valence-electron chi connectivity index (χ4n) is 2.38. The number of carbonyl (C=O) groups excluding carboxylic acids is 1. The van der Waals surface area contributed by atoms with Crippen molar-refractivity contribution in [2.24, 2.45) is 11.8 Å². The normalized spacial score (nSPS) is 20.1. The van der Waals surface area contributed by atoms with E-state index >= 15 is 0 Å². The molecule has 1 fully saturated rings. The molecule has 1 unspecified atom stereocenters. The van der Waals surface area contributed by atoms with Crippen LogP contribution in [0.2, 0.25) is 0 Å². The molecule has 5 nitrogen and oxygen atoms in total. The second-order valence-corrected chi connectivity index (χ2v) is 8.05. The number of nitrogens with zero attached hydrogens (tertiary/aromatic N) is 1. The van der Waals surface area contributed by atoms with Gasteiger partial charge in [0.25, 0.3) is 0 Å². The van der Waals surface area contributed by atoms with E-state index in [9.17, 15) is 9.90 Å².